The predicted molar refractivity (Wildman–Crippen MR) is 230 cm³/mol. The van der Waals surface area contributed by atoms with Gasteiger partial charge in [0.15, 0.2) is 11.6 Å². The molecule has 0 saturated carbocycles. The molecule has 57 heavy (non-hydrogen) atoms. The highest BCUT2D eigenvalue weighted by atomic mass is 16.3. The van der Waals surface area contributed by atoms with Gasteiger partial charge in [-0.3, -0.25) is 4.57 Å². The molecule has 0 N–H and O–H groups in total. The first-order chi connectivity index (χ1) is 28.2. The number of aromatic nitrogens is 4. The van der Waals surface area contributed by atoms with Crippen molar-refractivity contribution in [2.45, 2.75) is 0 Å². The largest absolute Gasteiger partial charge is 0.456 e. The molecule has 266 valence electrons. The van der Waals surface area contributed by atoms with E-state index in [2.05, 4.69) is 132 Å². The Hall–Kier alpha value is -7.83. The lowest BCUT2D eigenvalue weighted by Gasteiger charge is -2.12. The van der Waals surface area contributed by atoms with Crippen LogP contribution in [0, 0.1) is 0 Å². The lowest BCUT2D eigenvalue weighted by Crippen LogP contribution is -2.06. The molecule has 8 aromatic carbocycles. The number of benzene rings is 8. The van der Waals surface area contributed by atoms with Crippen LogP contribution in [0.4, 0.5) is 0 Å². The molecular formula is C51H30N4O2. The second-order valence-electron chi connectivity index (χ2n) is 14.4. The van der Waals surface area contributed by atoms with Crippen LogP contribution < -0.4 is 0 Å². The van der Waals surface area contributed by atoms with E-state index in [-0.39, 0.29) is 0 Å². The molecule has 0 fully saturated rings. The number of nitrogens with zero attached hydrogens (tertiary/aromatic N) is 4. The maximum atomic E-state index is 6.50. The number of hydrogen-bond acceptors (Lipinski definition) is 5. The van der Waals surface area contributed by atoms with Crippen LogP contribution in [0.15, 0.2) is 191 Å². The lowest BCUT2D eigenvalue weighted by atomic mass is 9.95. The molecule has 0 bridgehead atoms. The van der Waals surface area contributed by atoms with Gasteiger partial charge in [0.05, 0.1) is 11.0 Å². The van der Waals surface area contributed by atoms with Gasteiger partial charge in [0, 0.05) is 43.4 Å². The lowest BCUT2D eigenvalue weighted by molar-refractivity contribution is 0.669. The SMILES string of the molecule is c1ccc(-c2nc(-c3cccc(-c4cccc5oc6ccc(-c7cccc8oc9ccccc9c78)cc6c45)c3)nc(-n3c4ccccc4c4ccccc43)n2)cc1. The maximum Gasteiger partial charge on any atom is 0.238 e. The molecule has 0 spiro atoms. The quantitative estimate of drug-likeness (QED) is 0.176. The summed E-state index contributed by atoms with van der Waals surface area (Å²) < 4.78 is 14.9. The highest BCUT2D eigenvalue weighted by Gasteiger charge is 2.20. The Labute approximate surface area is 325 Å². The monoisotopic (exact) mass is 730 g/mol. The summed E-state index contributed by atoms with van der Waals surface area (Å²) in [5.41, 5.74) is 11.6. The van der Waals surface area contributed by atoms with Gasteiger partial charge < -0.3 is 8.83 Å². The summed E-state index contributed by atoms with van der Waals surface area (Å²) in [4.78, 5) is 15.4. The summed E-state index contributed by atoms with van der Waals surface area (Å²) in [6.45, 7) is 0. The van der Waals surface area contributed by atoms with E-state index in [0.717, 1.165) is 99.1 Å². The Morgan fingerprint density at radius 2 is 0.842 bits per heavy atom. The minimum atomic E-state index is 0.567. The van der Waals surface area contributed by atoms with Crippen molar-refractivity contribution in [2.24, 2.45) is 0 Å². The minimum absolute atomic E-state index is 0.567. The van der Waals surface area contributed by atoms with Gasteiger partial charge in [0.25, 0.3) is 0 Å². The van der Waals surface area contributed by atoms with E-state index in [1.54, 1.807) is 0 Å². The van der Waals surface area contributed by atoms with Crippen LogP contribution in [0.3, 0.4) is 0 Å². The van der Waals surface area contributed by atoms with Crippen LogP contribution >= 0.6 is 0 Å². The first kappa shape index (κ1) is 31.5. The van der Waals surface area contributed by atoms with Crippen LogP contribution in [-0.2, 0) is 0 Å². The molecular weight excluding hydrogens is 701 g/mol. The van der Waals surface area contributed by atoms with Crippen LogP contribution in [0.2, 0.25) is 0 Å². The number of hydrogen-bond donors (Lipinski definition) is 0. The van der Waals surface area contributed by atoms with E-state index in [0.29, 0.717) is 17.6 Å². The fourth-order valence-electron chi connectivity index (χ4n) is 8.52. The van der Waals surface area contributed by atoms with Gasteiger partial charge in [-0.05, 0) is 70.8 Å². The third kappa shape index (κ3) is 4.94. The zero-order valence-electron chi connectivity index (χ0n) is 30.4. The minimum Gasteiger partial charge on any atom is -0.456 e. The molecule has 12 rings (SSSR count). The van der Waals surface area contributed by atoms with Crippen molar-refractivity contribution in [2.75, 3.05) is 0 Å². The van der Waals surface area contributed by atoms with Crippen molar-refractivity contribution in [1.82, 2.24) is 19.5 Å². The number of fused-ring (bicyclic) bond motifs is 9. The molecule has 0 saturated heterocycles. The smallest absolute Gasteiger partial charge is 0.238 e. The van der Waals surface area contributed by atoms with Crippen LogP contribution in [0.1, 0.15) is 0 Å². The summed E-state index contributed by atoms with van der Waals surface area (Å²) in [7, 11) is 0. The standard InChI is InChI=1S/C51H30N4O2/c1-2-13-31(14-3-1)49-52-50(54-51(53-49)55-41-22-7-4-17-37(41)38-18-5-8-23-42(38)55)34-16-10-15-32(29-34)35-20-11-26-46-48(35)40-30-33(27-28-44(40)57-46)36-21-12-25-45-47(36)39-19-6-9-24-43(39)56-45/h1-30H. The first-order valence-electron chi connectivity index (χ1n) is 19.0. The maximum absolute atomic E-state index is 6.50. The van der Waals surface area contributed by atoms with Crippen molar-refractivity contribution in [3.8, 4) is 51.0 Å². The van der Waals surface area contributed by atoms with Gasteiger partial charge in [-0.1, -0.05) is 133 Å². The van der Waals surface area contributed by atoms with Crippen LogP contribution in [0.25, 0.3) is 117 Å². The van der Waals surface area contributed by atoms with Crippen LogP contribution in [0.5, 0.6) is 0 Å². The van der Waals surface area contributed by atoms with Crippen molar-refractivity contribution in [1.29, 1.82) is 0 Å². The number of furan rings is 2. The van der Waals surface area contributed by atoms with E-state index in [1.807, 2.05) is 54.6 Å². The third-order valence-corrected chi connectivity index (χ3v) is 11.1. The van der Waals surface area contributed by atoms with Crippen molar-refractivity contribution in [3.05, 3.63) is 182 Å². The average Bonchev–Trinajstić information content (AvgIpc) is 3.96. The van der Waals surface area contributed by atoms with E-state index < -0.39 is 0 Å². The van der Waals surface area contributed by atoms with Gasteiger partial charge >= 0.3 is 0 Å². The summed E-state index contributed by atoms with van der Waals surface area (Å²) in [6.07, 6.45) is 0. The van der Waals surface area contributed by atoms with Crippen molar-refractivity contribution >= 4 is 65.7 Å². The molecule has 4 aromatic heterocycles. The van der Waals surface area contributed by atoms with E-state index in [9.17, 15) is 0 Å². The Balaban J connectivity index is 1.04. The van der Waals surface area contributed by atoms with Gasteiger partial charge in [-0.15, -0.1) is 0 Å². The fourth-order valence-corrected chi connectivity index (χ4v) is 8.52. The topological polar surface area (TPSA) is 69.9 Å². The Morgan fingerprint density at radius 1 is 0.333 bits per heavy atom. The average molecular weight is 731 g/mol. The molecule has 0 amide bonds. The Kier molecular flexibility index (Phi) is 6.83. The summed E-state index contributed by atoms with van der Waals surface area (Å²) in [6, 6.07) is 62.7. The molecule has 0 radical (unpaired) electrons. The highest BCUT2D eigenvalue weighted by molar-refractivity contribution is 6.16. The molecule has 6 nitrogen and oxygen atoms in total. The predicted octanol–water partition coefficient (Wildman–Crippen LogP) is 13.4. The normalized spacial score (nSPS) is 11.9. The first-order valence-corrected chi connectivity index (χ1v) is 19.0. The van der Waals surface area contributed by atoms with Gasteiger partial charge in [0.1, 0.15) is 22.3 Å². The van der Waals surface area contributed by atoms with Gasteiger partial charge in [-0.2, -0.15) is 9.97 Å². The molecule has 0 aliphatic rings. The zero-order valence-corrected chi connectivity index (χ0v) is 30.4. The Bertz CT molecular complexity index is 3490. The van der Waals surface area contributed by atoms with Gasteiger partial charge in [-0.25, -0.2) is 4.98 Å². The summed E-state index contributed by atoms with van der Waals surface area (Å²) in [5.74, 6) is 1.77. The fraction of sp³-hybridized carbons (Fsp3) is 0. The van der Waals surface area contributed by atoms with Crippen molar-refractivity contribution in [3.63, 3.8) is 0 Å². The van der Waals surface area contributed by atoms with Gasteiger partial charge in [0.2, 0.25) is 5.95 Å². The van der Waals surface area contributed by atoms with Crippen LogP contribution in [-0.4, -0.2) is 19.5 Å². The Morgan fingerprint density at radius 3 is 1.56 bits per heavy atom. The zero-order chi connectivity index (χ0) is 37.5. The molecule has 0 atom stereocenters. The molecule has 0 unspecified atom stereocenters. The second kappa shape index (κ2) is 12.3. The highest BCUT2D eigenvalue weighted by Crippen LogP contribution is 2.42. The summed E-state index contributed by atoms with van der Waals surface area (Å²) >= 11 is 0. The third-order valence-electron chi connectivity index (χ3n) is 11.1. The molecule has 6 heteroatoms. The van der Waals surface area contributed by atoms with E-state index in [4.69, 9.17) is 23.8 Å². The molecule has 4 heterocycles. The molecule has 12 aromatic rings. The second-order valence-corrected chi connectivity index (χ2v) is 14.4. The molecule has 0 aliphatic carbocycles. The summed E-state index contributed by atoms with van der Waals surface area (Å²) in [5, 5.41) is 6.62. The molecule has 0 aliphatic heterocycles. The van der Waals surface area contributed by atoms with Crippen molar-refractivity contribution < 1.29 is 8.83 Å². The number of rotatable bonds is 5. The number of para-hydroxylation sites is 3. The van der Waals surface area contributed by atoms with E-state index in [1.165, 1.54) is 0 Å². The van der Waals surface area contributed by atoms with E-state index >= 15 is 0 Å².